The van der Waals surface area contributed by atoms with Gasteiger partial charge in [-0.3, -0.25) is 0 Å². The first-order valence-electron chi connectivity index (χ1n) is 9.47. The van der Waals surface area contributed by atoms with E-state index in [-0.39, 0.29) is 17.1 Å². The van der Waals surface area contributed by atoms with Gasteiger partial charge in [-0.2, -0.15) is 5.26 Å². The van der Waals surface area contributed by atoms with Crippen molar-refractivity contribution in [2.24, 2.45) is 0 Å². The van der Waals surface area contributed by atoms with E-state index < -0.39 is 0 Å². The summed E-state index contributed by atoms with van der Waals surface area (Å²) < 4.78 is 5.70. The molecule has 0 aliphatic rings. The Kier molecular flexibility index (Phi) is 6.65. The van der Waals surface area contributed by atoms with E-state index in [1.54, 1.807) is 47.7 Å². The van der Waals surface area contributed by atoms with Crippen LogP contribution in [0.1, 0.15) is 37.2 Å². The van der Waals surface area contributed by atoms with E-state index >= 15 is 0 Å². The molecule has 30 heavy (non-hydrogen) atoms. The maximum Gasteiger partial charge on any atom is 0.319 e. The van der Waals surface area contributed by atoms with E-state index in [0.29, 0.717) is 30.2 Å². The minimum absolute atomic E-state index is 0.0326. The van der Waals surface area contributed by atoms with Crippen molar-refractivity contribution in [3.8, 4) is 17.6 Å². The third kappa shape index (κ3) is 6.03. The Balaban J connectivity index is 1.46. The molecule has 0 bridgehead atoms. The number of carbonyl (C=O) groups is 1. The third-order valence-electron chi connectivity index (χ3n) is 4.14. The Hall–Kier alpha value is -3.44. The summed E-state index contributed by atoms with van der Waals surface area (Å²) in [5.41, 5.74) is 2.04. The fourth-order valence-electron chi connectivity index (χ4n) is 2.51. The molecule has 2 amide bonds. The Bertz CT molecular complexity index is 1050. The standard InChI is InChI=1S/C22H23N5O2S/c1-22(2,3)19-14-30-20(27-19)9-11-25-21(28)26-15-4-6-17(7-5-15)29-18-8-10-24-16(12-18)13-23/h4-8,10,12,14H,9,11H2,1-3H3,(H2,25,26,28). The summed E-state index contributed by atoms with van der Waals surface area (Å²) in [6, 6.07) is 11.9. The highest BCUT2D eigenvalue weighted by molar-refractivity contribution is 7.09. The minimum Gasteiger partial charge on any atom is -0.457 e. The number of nitrogens with zero attached hydrogens (tertiary/aromatic N) is 3. The van der Waals surface area contributed by atoms with Crippen LogP contribution in [0.25, 0.3) is 0 Å². The molecule has 0 unspecified atom stereocenters. The van der Waals surface area contributed by atoms with E-state index in [4.69, 9.17) is 10.00 Å². The van der Waals surface area contributed by atoms with Gasteiger partial charge in [0.05, 0.1) is 10.7 Å². The number of anilines is 1. The Morgan fingerprint density at radius 1 is 1.20 bits per heavy atom. The van der Waals surface area contributed by atoms with Gasteiger partial charge in [-0.1, -0.05) is 20.8 Å². The van der Waals surface area contributed by atoms with Crippen LogP contribution in [0.3, 0.4) is 0 Å². The minimum atomic E-state index is -0.274. The molecule has 0 fully saturated rings. The van der Waals surface area contributed by atoms with E-state index in [1.165, 1.54) is 6.20 Å². The molecule has 2 heterocycles. The highest BCUT2D eigenvalue weighted by Crippen LogP contribution is 2.24. The molecule has 0 aliphatic carbocycles. The van der Waals surface area contributed by atoms with Gasteiger partial charge in [-0.25, -0.2) is 14.8 Å². The van der Waals surface area contributed by atoms with Gasteiger partial charge in [-0.15, -0.1) is 11.3 Å². The molecule has 3 rings (SSSR count). The van der Waals surface area contributed by atoms with Crippen molar-refractivity contribution in [2.45, 2.75) is 32.6 Å². The molecule has 2 N–H and O–H groups in total. The zero-order valence-corrected chi connectivity index (χ0v) is 17.9. The molecule has 0 saturated carbocycles. The number of pyridine rings is 1. The molecule has 0 aliphatic heterocycles. The summed E-state index contributed by atoms with van der Waals surface area (Å²) in [6.45, 7) is 6.91. The van der Waals surface area contributed by atoms with Gasteiger partial charge in [0, 0.05) is 41.7 Å². The van der Waals surface area contributed by atoms with Crippen molar-refractivity contribution in [1.82, 2.24) is 15.3 Å². The van der Waals surface area contributed by atoms with Crippen molar-refractivity contribution in [1.29, 1.82) is 5.26 Å². The smallest absolute Gasteiger partial charge is 0.319 e. The fourth-order valence-corrected chi connectivity index (χ4v) is 3.53. The number of amides is 2. The SMILES string of the molecule is CC(C)(C)c1csc(CCNC(=O)Nc2ccc(Oc3ccnc(C#N)c3)cc2)n1. The van der Waals surface area contributed by atoms with Crippen LogP contribution in [0.4, 0.5) is 10.5 Å². The zero-order valence-electron chi connectivity index (χ0n) is 17.1. The Morgan fingerprint density at radius 2 is 1.97 bits per heavy atom. The van der Waals surface area contributed by atoms with Gasteiger partial charge in [0.25, 0.3) is 0 Å². The number of urea groups is 1. The third-order valence-corrected chi connectivity index (χ3v) is 5.05. The number of ether oxygens (including phenoxy) is 1. The first-order chi connectivity index (χ1) is 14.3. The van der Waals surface area contributed by atoms with Crippen molar-refractivity contribution in [3.05, 3.63) is 64.4 Å². The Morgan fingerprint density at radius 3 is 2.63 bits per heavy atom. The van der Waals surface area contributed by atoms with Crippen molar-refractivity contribution < 1.29 is 9.53 Å². The van der Waals surface area contributed by atoms with Crippen LogP contribution in [0.5, 0.6) is 11.5 Å². The van der Waals surface area contributed by atoms with Gasteiger partial charge in [0.15, 0.2) is 0 Å². The molecule has 0 spiro atoms. The van der Waals surface area contributed by atoms with Crippen LogP contribution in [-0.4, -0.2) is 22.5 Å². The molecular formula is C22H23N5O2S. The molecular weight excluding hydrogens is 398 g/mol. The normalized spacial score (nSPS) is 10.9. The maximum atomic E-state index is 12.1. The molecule has 3 aromatic rings. The number of hydrogen-bond acceptors (Lipinski definition) is 6. The second-order valence-electron chi connectivity index (χ2n) is 7.62. The van der Waals surface area contributed by atoms with E-state index in [2.05, 4.69) is 46.8 Å². The van der Waals surface area contributed by atoms with Crippen LogP contribution in [0, 0.1) is 11.3 Å². The lowest BCUT2D eigenvalue weighted by Gasteiger charge is -2.14. The Labute approximate surface area is 179 Å². The van der Waals surface area contributed by atoms with Gasteiger partial charge < -0.3 is 15.4 Å². The molecule has 7 nitrogen and oxygen atoms in total. The maximum absolute atomic E-state index is 12.1. The number of aromatic nitrogens is 2. The fraction of sp³-hybridized carbons (Fsp3) is 0.273. The summed E-state index contributed by atoms with van der Waals surface area (Å²) in [7, 11) is 0. The lowest BCUT2D eigenvalue weighted by Crippen LogP contribution is -2.30. The second-order valence-corrected chi connectivity index (χ2v) is 8.57. The predicted octanol–water partition coefficient (Wildman–Crippen LogP) is 4.86. The summed E-state index contributed by atoms with van der Waals surface area (Å²) in [6.07, 6.45) is 2.21. The highest BCUT2D eigenvalue weighted by atomic mass is 32.1. The van der Waals surface area contributed by atoms with Crippen molar-refractivity contribution in [3.63, 3.8) is 0 Å². The van der Waals surface area contributed by atoms with Gasteiger partial charge in [0.2, 0.25) is 0 Å². The number of thiazole rings is 1. The average molecular weight is 422 g/mol. The first-order valence-corrected chi connectivity index (χ1v) is 10.4. The van der Waals surface area contributed by atoms with Gasteiger partial charge in [-0.05, 0) is 30.3 Å². The van der Waals surface area contributed by atoms with Crippen molar-refractivity contribution in [2.75, 3.05) is 11.9 Å². The van der Waals surface area contributed by atoms with Crippen LogP contribution in [0.2, 0.25) is 0 Å². The lowest BCUT2D eigenvalue weighted by molar-refractivity contribution is 0.252. The van der Waals surface area contributed by atoms with E-state index in [1.807, 2.05) is 6.07 Å². The average Bonchev–Trinajstić information content (AvgIpc) is 3.19. The number of carbonyl (C=O) groups excluding carboxylic acids is 1. The zero-order chi connectivity index (χ0) is 21.6. The summed E-state index contributed by atoms with van der Waals surface area (Å²) in [5, 5.41) is 17.6. The van der Waals surface area contributed by atoms with Crippen LogP contribution < -0.4 is 15.4 Å². The number of nitrogens with one attached hydrogen (secondary N) is 2. The van der Waals surface area contributed by atoms with E-state index in [0.717, 1.165) is 10.7 Å². The first kappa shape index (κ1) is 21.3. The molecule has 0 radical (unpaired) electrons. The number of rotatable bonds is 6. The monoisotopic (exact) mass is 421 g/mol. The summed E-state index contributed by atoms with van der Waals surface area (Å²) in [4.78, 5) is 20.6. The molecule has 2 aromatic heterocycles. The summed E-state index contributed by atoms with van der Waals surface area (Å²) >= 11 is 1.62. The second kappa shape index (κ2) is 9.37. The van der Waals surface area contributed by atoms with E-state index in [9.17, 15) is 4.79 Å². The van der Waals surface area contributed by atoms with Crippen LogP contribution in [-0.2, 0) is 11.8 Å². The topological polar surface area (TPSA) is 99.9 Å². The van der Waals surface area contributed by atoms with Crippen molar-refractivity contribution >= 4 is 23.1 Å². The molecule has 154 valence electrons. The molecule has 0 saturated heterocycles. The van der Waals surface area contributed by atoms with Crippen LogP contribution in [0.15, 0.2) is 48.0 Å². The van der Waals surface area contributed by atoms with Crippen LogP contribution >= 0.6 is 11.3 Å². The van der Waals surface area contributed by atoms with Gasteiger partial charge >= 0.3 is 6.03 Å². The lowest BCUT2D eigenvalue weighted by atomic mass is 9.93. The molecule has 0 atom stereocenters. The molecule has 8 heteroatoms. The molecule has 1 aromatic carbocycles. The largest absolute Gasteiger partial charge is 0.457 e. The number of hydrogen-bond donors (Lipinski definition) is 2. The summed E-state index contributed by atoms with van der Waals surface area (Å²) in [5.74, 6) is 1.12. The number of benzene rings is 1. The number of nitriles is 1. The highest BCUT2D eigenvalue weighted by Gasteiger charge is 2.17. The van der Waals surface area contributed by atoms with Gasteiger partial charge in [0.1, 0.15) is 23.3 Å². The predicted molar refractivity (Wildman–Crippen MR) is 117 cm³/mol. The quantitative estimate of drug-likeness (QED) is 0.592.